The van der Waals surface area contributed by atoms with E-state index in [2.05, 4.69) is 21.2 Å². The predicted octanol–water partition coefficient (Wildman–Crippen LogP) is 2.29. The summed E-state index contributed by atoms with van der Waals surface area (Å²) in [7, 11) is 0. The van der Waals surface area contributed by atoms with Crippen molar-refractivity contribution in [3.63, 3.8) is 0 Å². The molecule has 1 aromatic carbocycles. The van der Waals surface area contributed by atoms with E-state index in [1.165, 1.54) is 4.90 Å². The van der Waals surface area contributed by atoms with Crippen LogP contribution in [0.5, 0.6) is 0 Å². The fraction of sp³-hybridized carbons (Fsp3) is 0.467. The van der Waals surface area contributed by atoms with E-state index < -0.39 is 23.4 Å². The summed E-state index contributed by atoms with van der Waals surface area (Å²) in [5.41, 5.74) is -0.126. The molecular formula is C15H17BrF2N2O3. The molecule has 2 rings (SSSR count). The van der Waals surface area contributed by atoms with E-state index in [-0.39, 0.29) is 28.7 Å². The van der Waals surface area contributed by atoms with Crippen LogP contribution in [-0.2, 0) is 9.59 Å². The number of aliphatic hydroxyl groups excluding tert-OH is 1. The molecule has 2 N–H and O–H groups in total. The van der Waals surface area contributed by atoms with Gasteiger partial charge in [-0.2, -0.15) is 0 Å². The number of halogens is 3. The number of aliphatic hydroxyl groups is 1. The highest BCUT2D eigenvalue weighted by Crippen LogP contribution is 2.25. The first-order chi connectivity index (χ1) is 10.8. The minimum Gasteiger partial charge on any atom is -0.396 e. The summed E-state index contributed by atoms with van der Waals surface area (Å²) < 4.78 is 26.5. The van der Waals surface area contributed by atoms with Crippen LogP contribution >= 0.6 is 15.9 Å². The van der Waals surface area contributed by atoms with Gasteiger partial charge in [0.2, 0.25) is 0 Å². The maximum Gasteiger partial charge on any atom is 0.313 e. The lowest BCUT2D eigenvalue weighted by Gasteiger charge is -2.36. The van der Waals surface area contributed by atoms with Crippen LogP contribution in [-0.4, -0.2) is 41.0 Å². The molecule has 0 aliphatic carbocycles. The summed E-state index contributed by atoms with van der Waals surface area (Å²) in [4.78, 5) is 25.6. The predicted molar refractivity (Wildman–Crippen MR) is 83.7 cm³/mol. The molecule has 1 saturated heterocycles. The number of carbonyl (C=O) groups is 2. The third kappa shape index (κ3) is 4.06. The molecule has 126 valence electrons. The van der Waals surface area contributed by atoms with E-state index in [1.807, 2.05) is 0 Å². The minimum atomic E-state index is -0.944. The zero-order valence-electron chi connectivity index (χ0n) is 12.5. The van der Waals surface area contributed by atoms with Gasteiger partial charge in [-0.3, -0.25) is 9.59 Å². The number of likely N-dealkylation sites (tertiary alicyclic amines) is 1. The Balaban J connectivity index is 2.05. The van der Waals surface area contributed by atoms with Crippen molar-refractivity contribution in [1.29, 1.82) is 0 Å². The molecule has 8 heteroatoms. The van der Waals surface area contributed by atoms with Crippen LogP contribution in [0.15, 0.2) is 16.6 Å². The van der Waals surface area contributed by atoms with Gasteiger partial charge in [0, 0.05) is 24.9 Å². The molecule has 1 aliphatic heterocycles. The van der Waals surface area contributed by atoms with Crippen LogP contribution in [0.3, 0.4) is 0 Å². The van der Waals surface area contributed by atoms with Crippen molar-refractivity contribution in [2.45, 2.75) is 25.8 Å². The molecule has 0 saturated carbocycles. The molecule has 0 unspecified atom stereocenters. The normalized spacial score (nSPS) is 21.2. The molecule has 5 nitrogen and oxygen atoms in total. The number of nitrogens with one attached hydrogen (secondary N) is 1. The summed E-state index contributed by atoms with van der Waals surface area (Å²) in [6.07, 6.45) is 1.22. The van der Waals surface area contributed by atoms with Gasteiger partial charge < -0.3 is 15.3 Å². The average Bonchev–Trinajstić information content (AvgIpc) is 2.51. The Labute approximate surface area is 140 Å². The van der Waals surface area contributed by atoms with Crippen molar-refractivity contribution in [3.05, 3.63) is 28.2 Å². The van der Waals surface area contributed by atoms with Gasteiger partial charge in [-0.15, -0.1) is 0 Å². The molecule has 0 aromatic heterocycles. The SMILES string of the molecule is C[C@@H]1C[C@H](CO)CCN1C(=O)C(=O)Nc1cc(F)c(Br)c(F)c1. The average molecular weight is 391 g/mol. The first kappa shape index (κ1) is 17.8. The van der Waals surface area contributed by atoms with E-state index in [4.69, 9.17) is 5.11 Å². The highest BCUT2D eigenvalue weighted by molar-refractivity contribution is 9.10. The molecule has 1 aliphatic rings. The van der Waals surface area contributed by atoms with Crippen LogP contribution in [0.25, 0.3) is 0 Å². The Morgan fingerprint density at radius 3 is 2.52 bits per heavy atom. The zero-order valence-corrected chi connectivity index (χ0v) is 14.1. The molecule has 0 spiro atoms. The number of benzene rings is 1. The molecule has 1 aromatic rings. The summed E-state index contributed by atoms with van der Waals surface area (Å²) in [6.45, 7) is 2.21. The molecule has 1 fully saturated rings. The standard InChI is InChI=1S/C15H17BrF2N2O3/c1-8-4-9(7-21)2-3-20(8)15(23)14(22)19-10-5-11(17)13(16)12(18)6-10/h5-6,8-9,21H,2-4,7H2,1H3,(H,19,22)/t8-,9-/m1/s1. The van der Waals surface area contributed by atoms with Crippen molar-refractivity contribution in [2.75, 3.05) is 18.5 Å². The van der Waals surface area contributed by atoms with Crippen LogP contribution in [0.4, 0.5) is 14.5 Å². The van der Waals surface area contributed by atoms with Gasteiger partial charge in [-0.05, 0) is 53.7 Å². The molecule has 1 heterocycles. The Bertz CT molecular complexity index is 604. The van der Waals surface area contributed by atoms with Crippen molar-refractivity contribution in [2.24, 2.45) is 5.92 Å². The third-order valence-electron chi connectivity index (χ3n) is 3.94. The van der Waals surface area contributed by atoms with Gasteiger partial charge in [0.25, 0.3) is 0 Å². The van der Waals surface area contributed by atoms with E-state index >= 15 is 0 Å². The molecule has 0 radical (unpaired) electrons. The number of piperidine rings is 1. The third-order valence-corrected chi connectivity index (χ3v) is 4.70. The maximum atomic E-state index is 13.4. The molecular weight excluding hydrogens is 374 g/mol. The summed E-state index contributed by atoms with van der Waals surface area (Å²) in [6, 6.07) is 1.68. The van der Waals surface area contributed by atoms with Gasteiger partial charge in [-0.1, -0.05) is 0 Å². The monoisotopic (exact) mass is 390 g/mol. The molecule has 0 bridgehead atoms. The number of amides is 2. The highest BCUT2D eigenvalue weighted by Gasteiger charge is 2.31. The second-order valence-electron chi connectivity index (χ2n) is 5.63. The van der Waals surface area contributed by atoms with E-state index in [1.54, 1.807) is 6.92 Å². The Morgan fingerprint density at radius 2 is 2.00 bits per heavy atom. The van der Waals surface area contributed by atoms with Gasteiger partial charge in [0.1, 0.15) is 11.6 Å². The number of hydrogen-bond acceptors (Lipinski definition) is 3. The topological polar surface area (TPSA) is 69.6 Å². The van der Waals surface area contributed by atoms with E-state index in [0.29, 0.717) is 19.4 Å². The second-order valence-corrected chi connectivity index (χ2v) is 6.42. The van der Waals surface area contributed by atoms with Crippen molar-refractivity contribution >= 4 is 33.4 Å². The number of hydrogen-bond donors (Lipinski definition) is 2. The summed E-state index contributed by atoms with van der Waals surface area (Å²) in [5, 5.41) is 11.4. The van der Waals surface area contributed by atoms with Gasteiger partial charge in [0.05, 0.1) is 4.47 Å². The Kier molecular flexibility index (Phi) is 5.69. The molecule has 2 amide bonds. The summed E-state index contributed by atoms with van der Waals surface area (Å²) >= 11 is 2.73. The zero-order chi connectivity index (χ0) is 17.1. The van der Waals surface area contributed by atoms with Crippen LogP contribution in [0.2, 0.25) is 0 Å². The maximum absolute atomic E-state index is 13.4. The first-order valence-corrected chi connectivity index (χ1v) is 8.00. The number of rotatable bonds is 2. The van der Waals surface area contributed by atoms with Crippen molar-refractivity contribution < 1.29 is 23.5 Å². The lowest BCUT2D eigenvalue weighted by molar-refractivity contribution is -0.146. The molecule has 2 atom stereocenters. The fourth-order valence-electron chi connectivity index (χ4n) is 2.68. The first-order valence-electron chi connectivity index (χ1n) is 7.20. The highest BCUT2D eigenvalue weighted by atomic mass is 79.9. The van der Waals surface area contributed by atoms with Crippen LogP contribution in [0, 0.1) is 17.6 Å². The number of carbonyl (C=O) groups excluding carboxylic acids is 2. The fourth-order valence-corrected chi connectivity index (χ4v) is 2.91. The van der Waals surface area contributed by atoms with Crippen molar-refractivity contribution in [1.82, 2.24) is 4.90 Å². The van der Waals surface area contributed by atoms with Gasteiger partial charge in [-0.25, -0.2) is 8.78 Å². The van der Waals surface area contributed by atoms with E-state index in [9.17, 15) is 18.4 Å². The Hall–Kier alpha value is -1.54. The largest absolute Gasteiger partial charge is 0.396 e. The summed E-state index contributed by atoms with van der Waals surface area (Å²) in [5.74, 6) is -3.32. The van der Waals surface area contributed by atoms with Gasteiger partial charge >= 0.3 is 11.8 Å². The van der Waals surface area contributed by atoms with Crippen LogP contribution < -0.4 is 5.32 Å². The Morgan fingerprint density at radius 1 is 1.39 bits per heavy atom. The smallest absolute Gasteiger partial charge is 0.313 e. The lowest BCUT2D eigenvalue weighted by atomic mass is 9.92. The quantitative estimate of drug-likeness (QED) is 0.601. The van der Waals surface area contributed by atoms with Crippen LogP contribution in [0.1, 0.15) is 19.8 Å². The van der Waals surface area contributed by atoms with E-state index in [0.717, 1.165) is 12.1 Å². The lowest BCUT2D eigenvalue weighted by Crippen LogP contribution is -2.49. The minimum absolute atomic E-state index is 0.0516. The number of anilines is 1. The molecule has 23 heavy (non-hydrogen) atoms. The number of nitrogens with zero attached hydrogens (tertiary/aromatic N) is 1. The van der Waals surface area contributed by atoms with Crippen molar-refractivity contribution in [3.8, 4) is 0 Å². The van der Waals surface area contributed by atoms with Gasteiger partial charge in [0.15, 0.2) is 0 Å². The second kappa shape index (κ2) is 7.35.